The van der Waals surface area contributed by atoms with Crippen LogP contribution in [0.1, 0.15) is 85.1 Å². The molecular formula is C33H45N7O7. The Morgan fingerprint density at radius 2 is 1.91 bits per heavy atom. The normalized spacial score (nSPS) is 26.7. The maximum absolute atomic E-state index is 14.2. The Balaban J connectivity index is 1.41. The summed E-state index contributed by atoms with van der Waals surface area (Å²) in [4.78, 5) is 56.1. The van der Waals surface area contributed by atoms with Gasteiger partial charge in [-0.15, -0.1) is 10.2 Å². The summed E-state index contributed by atoms with van der Waals surface area (Å²) in [5.74, 6) is -1.38. The predicted octanol–water partition coefficient (Wildman–Crippen LogP) is 3.64. The lowest BCUT2D eigenvalue weighted by Gasteiger charge is -2.30. The van der Waals surface area contributed by atoms with E-state index >= 15 is 0 Å². The Kier molecular flexibility index (Phi) is 10.2. The van der Waals surface area contributed by atoms with Gasteiger partial charge in [0.05, 0.1) is 12.6 Å². The molecular weight excluding hydrogens is 606 g/mol. The number of carboxylic acid groups (broad SMARTS) is 1. The van der Waals surface area contributed by atoms with Gasteiger partial charge in [-0.1, -0.05) is 31.9 Å². The first-order chi connectivity index (χ1) is 22.4. The maximum Gasteiger partial charge on any atom is 0.408 e. The number of allylic oxidation sites excluding steroid dienone is 1. The van der Waals surface area contributed by atoms with Crippen molar-refractivity contribution in [2.24, 2.45) is 5.92 Å². The number of nitrogens with zero attached hydrogens (tertiary/aromatic N) is 5. The summed E-state index contributed by atoms with van der Waals surface area (Å²) in [6, 6.07) is 4.83. The average molecular weight is 652 g/mol. The number of nitrogens with one attached hydrogen (secondary N) is 2. The topological polar surface area (TPSA) is 178 Å². The number of ether oxygens (including phenoxy) is 2. The molecule has 5 atom stereocenters. The number of fused-ring (bicyclic) bond motifs is 2. The van der Waals surface area contributed by atoms with Crippen LogP contribution in [0.25, 0.3) is 11.4 Å². The Labute approximate surface area is 274 Å². The predicted molar refractivity (Wildman–Crippen MR) is 170 cm³/mol. The van der Waals surface area contributed by atoms with Gasteiger partial charge in [-0.25, -0.2) is 9.59 Å². The van der Waals surface area contributed by atoms with E-state index in [0.717, 1.165) is 37.0 Å². The molecule has 2 aromatic rings. The van der Waals surface area contributed by atoms with E-state index < -0.39 is 53.1 Å². The fraction of sp³-hybridized carbons (Fsp3) is 0.606. The van der Waals surface area contributed by atoms with E-state index in [1.54, 1.807) is 20.8 Å². The maximum atomic E-state index is 14.2. The van der Waals surface area contributed by atoms with Crippen molar-refractivity contribution in [3.05, 3.63) is 36.4 Å². The summed E-state index contributed by atoms with van der Waals surface area (Å²) >= 11 is 0. The molecule has 1 saturated carbocycles. The van der Waals surface area contributed by atoms with Crippen molar-refractivity contribution in [1.82, 2.24) is 35.7 Å². The zero-order chi connectivity index (χ0) is 33.8. The van der Waals surface area contributed by atoms with Gasteiger partial charge in [0.25, 0.3) is 0 Å². The van der Waals surface area contributed by atoms with Crippen molar-refractivity contribution < 1.29 is 33.8 Å². The van der Waals surface area contributed by atoms with Gasteiger partial charge in [0.15, 0.2) is 0 Å². The van der Waals surface area contributed by atoms with Gasteiger partial charge < -0.3 is 30.1 Å². The lowest BCUT2D eigenvalue weighted by Crippen LogP contribution is -2.56. The van der Waals surface area contributed by atoms with Crippen LogP contribution in [0.15, 0.2) is 36.4 Å². The van der Waals surface area contributed by atoms with E-state index in [4.69, 9.17) is 9.47 Å². The fourth-order valence-corrected chi connectivity index (χ4v) is 6.11. The van der Waals surface area contributed by atoms with Gasteiger partial charge in [0, 0.05) is 24.4 Å². The second kappa shape index (κ2) is 14.1. The third-order valence-corrected chi connectivity index (χ3v) is 8.67. The van der Waals surface area contributed by atoms with E-state index in [1.165, 1.54) is 9.70 Å². The Morgan fingerprint density at radius 3 is 2.62 bits per heavy atom. The summed E-state index contributed by atoms with van der Waals surface area (Å²) in [5, 5.41) is 28.7. The fourth-order valence-electron chi connectivity index (χ4n) is 6.11. The van der Waals surface area contributed by atoms with Gasteiger partial charge in [0.2, 0.25) is 17.6 Å². The first-order valence-corrected chi connectivity index (χ1v) is 16.4. The smallest absolute Gasteiger partial charge is 0.408 e. The number of benzene rings is 1. The van der Waals surface area contributed by atoms with E-state index in [1.807, 2.05) is 43.3 Å². The zero-order valence-corrected chi connectivity index (χ0v) is 27.5. The first-order valence-electron chi connectivity index (χ1n) is 16.4. The molecule has 2 aliphatic heterocycles. The number of hydrogen-bond acceptors (Lipinski definition) is 9. The molecule has 3 N–H and O–H groups in total. The standard InChI is InChI=1S/C33H45N7O7/c1-5-17-46-24-15-13-21(14-16-24)27-36-38-40(37-27)23-18-26-28(41)35-33(30(43)44)19-22(33)11-9-7-6-8-10-12-25(29(42)39(26)20-23)34-31(45)47-32(2,3)4/h9,11,13-16,22-23,25-26H,5-8,10,12,17-20H2,1-4H3,(H,34,45)(H,35,41)(H,43,44)/t22-,23-,25+,26+,33-/m1/s1. The van der Waals surface area contributed by atoms with Crippen LogP contribution in [0.2, 0.25) is 0 Å². The molecule has 14 heteroatoms. The van der Waals surface area contributed by atoms with Crippen molar-refractivity contribution >= 4 is 23.9 Å². The van der Waals surface area contributed by atoms with Crippen molar-refractivity contribution in [2.75, 3.05) is 13.2 Å². The molecule has 0 bridgehead atoms. The molecule has 0 unspecified atom stereocenters. The summed E-state index contributed by atoms with van der Waals surface area (Å²) in [5.41, 5.74) is -1.48. The largest absolute Gasteiger partial charge is 0.494 e. The quantitative estimate of drug-likeness (QED) is 0.375. The highest BCUT2D eigenvalue weighted by Gasteiger charge is 2.61. The highest BCUT2D eigenvalue weighted by molar-refractivity contribution is 5.96. The molecule has 14 nitrogen and oxygen atoms in total. The lowest BCUT2D eigenvalue weighted by atomic mass is 10.0. The monoisotopic (exact) mass is 651 g/mol. The van der Waals surface area contributed by atoms with Crippen LogP contribution in [0.5, 0.6) is 5.75 Å². The number of carbonyl (C=O) groups excluding carboxylic acids is 3. The van der Waals surface area contributed by atoms with Crippen LogP contribution >= 0.6 is 0 Å². The van der Waals surface area contributed by atoms with E-state index in [0.29, 0.717) is 25.3 Å². The lowest BCUT2D eigenvalue weighted by molar-refractivity contribution is -0.145. The van der Waals surface area contributed by atoms with Gasteiger partial charge in [0.1, 0.15) is 29.0 Å². The number of rotatable bonds is 7. The molecule has 1 aliphatic carbocycles. The number of aromatic nitrogens is 4. The number of alkyl carbamates (subject to hydrolysis) is 1. The highest BCUT2D eigenvalue weighted by atomic mass is 16.6. The van der Waals surface area contributed by atoms with Crippen molar-refractivity contribution in [2.45, 2.75) is 108 Å². The van der Waals surface area contributed by atoms with Crippen molar-refractivity contribution in [3.8, 4) is 17.1 Å². The summed E-state index contributed by atoms with van der Waals surface area (Å²) in [6.07, 6.45) is 7.79. The van der Waals surface area contributed by atoms with E-state index in [-0.39, 0.29) is 25.3 Å². The Hall–Kier alpha value is -4.49. The highest BCUT2D eigenvalue weighted by Crippen LogP contribution is 2.45. The number of aliphatic carboxylic acids is 1. The molecule has 47 heavy (non-hydrogen) atoms. The zero-order valence-electron chi connectivity index (χ0n) is 27.5. The number of tetrazole rings is 1. The summed E-state index contributed by atoms with van der Waals surface area (Å²) in [6.45, 7) is 7.92. The van der Waals surface area contributed by atoms with E-state index in [2.05, 4.69) is 26.0 Å². The Morgan fingerprint density at radius 1 is 1.15 bits per heavy atom. The van der Waals surface area contributed by atoms with Crippen LogP contribution < -0.4 is 15.4 Å². The molecule has 3 aliphatic rings. The Bertz CT molecular complexity index is 1480. The molecule has 3 amide bonds. The molecule has 3 heterocycles. The van der Waals surface area contributed by atoms with E-state index in [9.17, 15) is 24.3 Å². The van der Waals surface area contributed by atoms with Gasteiger partial charge in [-0.05, 0) is 82.4 Å². The van der Waals surface area contributed by atoms with Crippen LogP contribution in [-0.2, 0) is 19.1 Å². The van der Waals surface area contributed by atoms with Crippen LogP contribution in [-0.4, -0.2) is 90.5 Å². The third kappa shape index (κ3) is 8.09. The molecule has 1 aromatic heterocycles. The molecule has 5 rings (SSSR count). The number of carbonyl (C=O) groups is 4. The molecule has 1 saturated heterocycles. The van der Waals surface area contributed by atoms with Crippen LogP contribution in [0.4, 0.5) is 4.79 Å². The molecule has 1 aromatic carbocycles. The molecule has 0 radical (unpaired) electrons. The number of amides is 3. The van der Waals surface area contributed by atoms with Crippen LogP contribution in [0.3, 0.4) is 0 Å². The first kappa shape index (κ1) is 33.9. The van der Waals surface area contributed by atoms with Crippen LogP contribution in [0, 0.1) is 5.92 Å². The van der Waals surface area contributed by atoms with Gasteiger partial charge >= 0.3 is 12.1 Å². The number of carboxylic acids is 1. The van der Waals surface area contributed by atoms with Gasteiger partial charge in [-0.2, -0.15) is 4.80 Å². The SMILES string of the molecule is CCCOc1ccc(-c2nnn([C@@H]3C[C@H]4C(=O)N[C@]5(C(=O)O)C[C@H]5C=CCCCCC[C@H](NC(=O)OC(C)(C)C)C(=O)N4C3)n2)cc1. The van der Waals surface area contributed by atoms with Crippen molar-refractivity contribution in [3.63, 3.8) is 0 Å². The molecule has 2 fully saturated rings. The third-order valence-electron chi connectivity index (χ3n) is 8.67. The molecule has 254 valence electrons. The minimum atomic E-state index is -1.43. The number of hydrogen-bond donors (Lipinski definition) is 3. The minimum Gasteiger partial charge on any atom is -0.494 e. The summed E-state index contributed by atoms with van der Waals surface area (Å²) < 4.78 is 11.1. The van der Waals surface area contributed by atoms with Gasteiger partial charge in [-0.3, -0.25) is 9.59 Å². The molecule has 0 spiro atoms. The second-order valence-corrected chi connectivity index (χ2v) is 13.5. The average Bonchev–Trinajstić information content (AvgIpc) is 3.33. The minimum absolute atomic E-state index is 0.0619. The summed E-state index contributed by atoms with van der Waals surface area (Å²) in [7, 11) is 0. The van der Waals surface area contributed by atoms with Crippen molar-refractivity contribution in [1.29, 1.82) is 0 Å². The second-order valence-electron chi connectivity index (χ2n) is 13.5.